The van der Waals surface area contributed by atoms with Crippen LogP contribution in [-0.4, -0.2) is 17.4 Å². The molecule has 0 fully saturated rings. The van der Waals surface area contributed by atoms with E-state index in [9.17, 15) is 13.2 Å². The fraction of sp³-hybridized carbons (Fsp3) is 0.111. The maximum absolute atomic E-state index is 12.1. The van der Waals surface area contributed by atoms with Crippen LogP contribution in [0.5, 0.6) is 0 Å². The molecule has 86 valence electrons. The average molecular weight is 230 g/mol. The maximum atomic E-state index is 12.1. The molecule has 0 saturated carbocycles. The molecule has 4 N–H and O–H groups in total. The van der Waals surface area contributed by atoms with Gasteiger partial charge in [0.1, 0.15) is 5.70 Å². The number of halogens is 3. The van der Waals surface area contributed by atoms with Gasteiger partial charge in [-0.3, -0.25) is 0 Å². The number of hydrogen-bond donors (Lipinski definition) is 2. The van der Waals surface area contributed by atoms with E-state index in [0.29, 0.717) is 0 Å². The van der Waals surface area contributed by atoms with Crippen molar-refractivity contribution in [1.29, 1.82) is 0 Å². The smallest absolute Gasteiger partial charge is 0.396 e. The molecular formula is C9H9F3N4. The van der Waals surface area contributed by atoms with E-state index in [4.69, 9.17) is 11.5 Å². The van der Waals surface area contributed by atoms with E-state index in [1.807, 2.05) is 0 Å². The van der Waals surface area contributed by atoms with Gasteiger partial charge in [0.05, 0.1) is 11.9 Å². The number of pyridine rings is 1. The second-order valence-electron chi connectivity index (χ2n) is 2.81. The molecule has 4 nitrogen and oxygen atoms in total. The predicted molar refractivity (Wildman–Crippen MR) is 53.8 cm³/mol. The molecule has 0 saturated heterocycles. The molecule has 1 aromatic rings. The van der Waals surface area contributed by atoms with Crippen LogP contribution in [0.3, 0.4) is 0 Å². The second kappa shape index (κ2) is 4.65. The van der Waals surface area contributed by atoms with E-state index in [-0.39, 0.29) is 5.82 Å². The molecule has 16 heavy (non-hydrogen) atoms. The van der Waals surface area contributed by atoms with Gasteiger partial charge in [-0.1, -0.05) is 6.07 Å². The van der Waals surface area contributed by atoms with Crippen molar-refractivity contribution < 1.29 is 13.2 Å². The fourth-order valence-corrected chi connectivity index (χ4v) is 0.799. The molecule has 1 heterocycles. The number of nitrogens with two attached hydrogens (primary N) is 2. The summed E-state index contributed by atoms with van der Waals surface area (Å²) >= 11 is 0. The third-order valence-corrected chi connectivity index (χ3v) is 1.60. The Morgan fingerprint density at radius 1 is 1.31 bits per heavy atom. The van der Waals surface area contributed by atoms with E-state index >= 15 is 0 Å². The monoisotopic (exact) mass is 230 g/mol. The number of nitrogens with zero attached hydrogens (tertiary/aromatic N) is 2. The van der Waals surface area contributed by atoms with Gasteiger partial charge in [0.15, 0.2) is 5.82 Å². The zero-order chi connectivity index (χ0) is 12.2. The summed E-state index contributed by atoms with van der Waals surface area (Å²) in [5.41, 5.74) is 7.88. The van der Waals surface area contributed by atoms with Crippen LogP contribution in [0, 0.1) is 0 Å². The Morgan fingerprint density at radius 3 is 2.50 bits per heavy atom. The fourth-order valence-electron chi connectivity index (χ4n) is 0.799. The second-order valence-corrected chi connectivity index (χ2v) is 2.81. The third kappa shape index (κ3) is 3.26. The Kier molecular flexibility index (Phi) is 3.49. The summed E-state index contributed by atoms with van der Waals surface area (Å²) in [5, 5.41) is 0. The van der Waals surface area contributed by atoms with Gasteiger partial charge < -0.3 is 11.5 Å². The lowest BCUT2D eigenvalue weighted by Gasteiger charge is -2.07. The first-order chi connectivity index (χ1) is 7.41. The van der Waals surface area contributed by atoms with Crippen LogP contribution in [0.1, 0.15) is 0 Å². The van der Waals surface area contributed by atoms with Crippen molar-refractivity contribution in [1.82, 2.24) is 4.98 Å². The predicted octanol–water partition coefficient (Wildman–Crippen LogP) is 1.48. The summed E-state index contributed by atoms with van der Waals surface area (Å²) in [6, 6.07) is 4.82. The first-order valence-corrected chi connectivity index (χ1v) is 4.19. The Bertz CT molecular complexity index is 409. The lowest BCUT2D eigenvalue weighted by atomic mass is 10.3. The van der Waals surface area contributed by atoms with Crippen LogP contribution in [0.4, 0.5) is 19.0 Å². The minimum atomic E-state index is -4.65. The van der Waals surface area contributed by atoms with E-state index < -0.39 is 17.6 Å². The first-order valence-electron chi connectivity index (χ1n) is 4.19. The van der Waals surface area contributed by atoms with Gasteiger partial charge >= 0.3 is 6.18 Å². The van der Waals surface area contributed by atoms with Crippen molar-refractivity contribution in [3.63, 3.8) is 0 Å². The maximum Gasteiger partial charge on any atom is 0.432 e. The lowest BCUT2D eigenvalue weighted by molar-refractivity contribution is -0.0931. The molecule has 0 atom stereocenters. The van der Waals surface area contributed by atoms with Gasteiger partial charge in [-0.05, 0) is 12.1 Å². The highest BCUT2D eigenvalue weighted by Gasteiger charge is 2.33. The van der Waals surface area contributed by atoms with Gasteiger partial charge in [-0.25, -0.2) is 9.98 Å². The summed E-state index contributed by atoms with van der Waals surface area (Å²) in [4.78, 5) is 7.42. The molecule has 7 heteroatoms. The third-order valence-electron chi connectivity index (χ3n) is 1.60. The Hall–Kier alpha value is -2.05. The van der Waals surface area contributed by atoms with Crippen molar-refractivity contribution in [2.75, 3.05) is 0 Å². The molecule has 0 aliphatic heterocycles. The van der Waals surface area contributed by atoms with Gasteiger partial charge in [0.2, 0.25) is 0 Å². The SMILES string of the molecule is NC(C=Nc1ccccn1)=C(N)C(F)(F)F. The lowest BCUT2D eigenvalue weighted by Crippen LogP contribution is -2.25. The molecule has 0 spiro atoms. The Morgan fingerprint density at radius 2 is 2.00 bits per heavy atom. The molecule has 0 aliphatic carbocycles. The van der Waals surface area contributed by atoms with Crippen molar-refractivity contribution in [3.05, 3.63) is 35.8 Å². The Labute approximate surface area is 89.5 Å². The number of aliphatic imine (C=N–C) groups is 1. The van der Waals surface area contributed by atoms with Gasteiger partial charge in [-0.15, -0.1) is 0 Å². The van der Waals surface area contributed by atoms with Crippen LogP contribution < -0.4 is 11.5 Å². The summed E-state index contributed by atoms with van der Waals surface area (Å²) in [6.45, 7) is 0. The van der Waals surface area contributed by atoms with Crippen LogP contribution in [0.15, 0.2) is 40.8 Å². The number of hydrogen-bond acceptors (Lipinski definition) is 4. The molecule has 1 aromatic heterocycles. The first kappa shape index (κ1) is 12.0. The molecule has 0 amide bonds. The summed E-state index contributed by atoms with van der Waals surface area (Å²) in [5.74, 6) is 0.250. The number of rotatable bonds is 2. The zero-order valence-corrected chi connectivity index (χ0v) is 8.07. The van der Waals surface area contributed by atoms with Crippen molar-refractivity contribution in [2.24, 2.45) is 16.5 Å². The van der Waals surface area contributed by atoms with Crippen molar-refractivity contribution in [3.8, 4) is 0 Å². The highest BCUT2D eigenvalue weighted by molar-refractivity contribution is 5.80. The minimum absolute atomic E-state index is 0.250. The van der Waals surface area contributed by atoms with Crippen molar-refractivity contribution >= 4 is 12.0 Å². The molecule has 0 unspecified atom stereocenters. The van der Waals surface area contributed by atoms with Crippen LogP contribution >= 0.6 is 0 Å². The summed E-state index contributed by atoms with van der Waals surface area (Å²) in [6.07, 6.45) is -2.37. The highest BCUT2D eigenvalue weighted by Crippen LogP contribution is 2.22. The number of aromatic nitrogens is 1. The normalized spacial score (nSPS) is 13.9. The van der Waals surface area contributed by atoms with Gasteiger partial charge in [-0.2, -0.15) is 13.2 Å². The molecule has 0 aliphatic rings. The zero-order valence-electron chi connectivity index (χ0n) is 8.07. The molecule has 0 radical (unpaired) electrons. The topological polar surface area (TPSA) is 77.3 Å². The Balaban J connectivity index is 2.87. The van der Waals surface area contributed by atoms with Gasteiger partial charge in [0.25, 0.3) is 0 Å². The molecule has 0 aromatic carbocycles. The summed E-state index contributed by atoms with van der Waals surface area (Å²) < 4.78 is 36.3. The molecule has 1 rings (SSSR count). The van der Waals surface area contributed by atoms with Crippen LogP contribution in [0.2, 0.25) is 0 Å². The summed E-state index contributed by atoms with van der Waals surface area (Å²) in [7, 11) is 0. The van der Waals surface area contributed by atoms with E-state index in [1.54, 1.807) is 12.1 Å². The standard InChI is InChI=1S/C9H9F3N4/c10-9(11,12)8(14)6(13)5-16-7-3-1-2-4-15-7/h1-5H,13-14H2. The van der Waals surface area contributed by atoms with E-state index in [1.165, 1.54) is 12.3 Å². The minimum Gasteiger partial charge on any atom is -0.396 e. The molecule has 0 bridgehead atoms. The average Bonchev–Trinajstić information content (AvgIpc) is 2.25. The number of allylic oxidation sites excluding steroid dienone is 2. The number of alkyl halides is 3. The molecular weight excluding hydrogens is 221 g/mol. The van der Waals surface area contributed by atoms with Crippen LogP contribution in [0.25, 0.3) is 0 Å². The van der Waals surface area contributed by atoms with Crippen LogP contribution in [-0.2, 0) is 0 Å². The van der Waals surface area contributed by atoms with Crippen molar-refractivity contribution in [2.45, 2.75) is 6.18 Å². The quantitative estimate of drug-likeness (QED) is 0.755. The highest BCUT2D eigenvalue weighted by atomic mass is 19.4. The largest absolute Gasteiger partial charge is 0.432 e. The van der Waals surface area contributed by atoms with Gasteiger partial charge in [0, 0.05) is 6.20 Å². The van der Waals surface area contributed by atoms with E-state index in [2.05, 4.69) is 9.98 Å². The van der Waals surface area contributed by atoms with E-state index in [0.717, 1.165) is 6.21 Å².